The minimum atomic E-state index is 0.00489. The topological polar surface area (TPSA) is 32.3 Å². The van der Waals surface area contributed by atoms with Gasteiger partial charge in [0.1, 0.15) is 6.17 Å². The predicted molar refractivity (Wildman–Crippen MR) is 80.1 cm³/mol. The van der Waals surface area contributed by atoms with Crippen LogP contribution in [0.15, 0.2) is 30.3 Å². The van der Waals surface area contributed by atoms with E-state index in [1.165, 1.54) is 24.8 Å². The number of nitrogens with one attached hydrogen (secondary N) is 1. The third kappa shape index (κ3) is 2.59. The molecule has 108 valence electrons. The van der Waals surface area contributed by atoms with E-state index in [9.17, 15) is 4.79 Å². The molecule has 0 spiro atoms. The Kier molecular flexibility index (Phi) is 4.06. The molecule has 3 nitrogen and oxygen atoms in total. The van der Waals surface area contributed by atoms with Crippen molar-refractivity contribution in [2.75, 3.05) is 6.54 Å². The van der Waals surface area contributed by atoms with Gasteiger partial charge in [0.15, 0.2) is 0 Å². The number of carbonyl (C=O) groups excluding carboxylic acids is 1. The molecule has 1 aromatic rings. The highest BCUT2D eigenvalue weighted by molar-refractivity contribution is 5.84. The summed E-state index contributed by atoms with van der Waals surface area (Å²) in [6.45, 7) is 3.06. The summed E-state index contributed by atoms with van der Waals surface area (Å²) < 4.78 is 0. The van der Waals surface area contributed by atoms with Crippen LogP contribution >= 0.6 is 0 Å². The number of hydrogen-bond acceptors (Lipinski definition) is 2. The summed E-state index contributed by atoms with van der Waals surface area (Å²) in [7, 11) is 0. The fourth-order valence-corrected chi connectivity index (χ4v) is 3.24. The Morgan fingerprint density at radius 2 is 2.00 bits per heavy atom. The van der Waals surface area contributed by atoms with Gasteiger partial charge in [-0.2, -0.15) is 0 Å². The second-order valence-corrected chi connectivity index (χ2v) is 6.11. The van der Waals surface area contributed by atoms with E-state index in [4.69, 9.17) is 0 Å². The number of hydrogen-bond donors (Lipinski definition) is 1. The lowest BCUT2D eigenvalue weighted by Crippen LogP contribution is -2.37. The first-order chi connectivity index (χ1) is 9.79. The normalized spacial score (nSPS) is 26.9. The highest BCUT2D eigenvalue weighted by atomic mass is 16.2. The molecule has 2 atom stereocenters. The lowest BCUT2D eigenvalue weighted by Gasteiger charge is -2.33. The quantitative estimate of drug-likeness (QED) is 0.893. The molecule has 1 amide bonds. The van der Waals surface area contributed by atoms with Gasteiger partial charge in [0, 0.05) is 6.54 Å². The molecule has 1 N–H and O–H groups in total. The third-order valence-electron chi connectivity index (χ3n) is 4.62. The maximum Gasteiger partial charge on any atom is 0.241 e. The van der Waals surface area contributed by atoms with E-state index in [2.05, 4.69) is 41.4 Å². The molecule has 20 heavy (non-hydrogen) atoms. The van der Waals surface area contributed by atoms with Crippen LogP contribution in [0, 0.1) is 5.92 Å². The molecule has 1 aromatic carbocycles. The monoisotopic (exact) mass is 272 g/mol. The molecule has 1 heterocycles. The molecule has 2 aliphatic rings. The Labute approximate surface area is 121 Å². The maximum absolute atomic E-state index is 12.6. The van der Waals surface area contributed by atoms with E-state index in [0.717, 1.165) is 19.4 Å². The molecule has 1 saturated carbocycles. The van der Waals surface area contributed by atoms with Gasteiger partial charge in [-0.25, -0.2) is 0 Å². The summed E-state index contributed by atoms with van der Waals surface area (Å²) in [5.74, 6) is 1.01. The molecule has 1 saturated heterocycles. The van der Waals surface area contributed by atoms with Gasteiger partial charge in [-0.3, -0.25) is 10.1 Å². The summed E-state index contributed by atoms with van der Waals surface area (Å²) in [6.07, 6.45) is 5.94. The number of carbonyl (C=O) groups is 1. The van der Waals surface area contributed by atoms with Gasteiger partial charge in [-0.1, -0.05) is 50.1 Å². The van der Waals surface area contributed by atoms with Crippen molar-refractivity contribution in [3.63, 3.8) is 0 Å². The molecule has 3 rings (SSSR count). The number of benzene rings is 1. The molecule has 2 fully saturated rings. The Hall–Kier alpha value is -1.35. The summed E-state index contributed by atoms with van der Waals surface area (Å²) in [6, 6.07) is 10.4. The van der Waals surface area contributed by atoms with E-state index in [0.29, 0.717) is 11.8 Å². The van der Waals surface area contributed by atoms with Crippen LogP contribution in [-0.4, -0.2) is 23.4 Å². The van der Waals surface area contributed by atoms with Crippen LogP contribution in [0.3, 0.4) is 0 Å². The fraction of sp³-hybridized carbons (Fsp3) is 0.588. The highest BCUT2D eigenvalue weighted by Crippen LogP contribution is 2.33. The molecule has 0 bridgehead atoms. The maximum atomic E-state index is 12.6. The molecule has 3 heteroatoms. The third-order valence-corrected chi connectivity index (χ3v) is 4.62. The van der Waals surface area contributed by atoms with Gasteiger partial charge in [-0.05, 0) is 30.7 Å². The summed E-state index contributed by atoms with van der Waals surface area (Å²) >= 11 is 0. The minimum Gasteiger partial charge on any atom is -0.321 e. The van der Waals surface area contributed by atoms with Gasteiger partial charge in [-0.15, -0.1) is 0 Å². The molecule has 2 unspecified atom stereocenters. The van der Waals surface area contributed by atoms with Crippen molar-refractivity contribution in [2.24, 2.45) is 5.92 Å². The van der Waals surface area contributed by atoms with Crippen LogP contribution in [0.1, 0.15) is 50.8 Å². The minimum absolute atomic E-state index is 0.00489. The molecule has 1 aliphatic carbocycles. The molecular formula is C17H24N2O. The van der Waals surface area contributed by atoms with Crippen molar-refractivity contribution in [1.82, 2.24) is 10.2 Å². The van der Waals surface area contributed by atoms with Gasteiger partial charge in [0.05, 0.1) is 6.04 Å². The zero-order valence-electron chi connectivity index (χ0n) is 12.2. The highest BCUT2D eigenvalue weighted by Gasteiger charge is 2.40. The molecular weight excluding hydrogens is 248 g/mol. The SMILES string of the molecule is CCCC1NC(c2ccccc2)N(CC2CCC2)C1=O. The molecule has 1 aliphatic heterocycles. The van der Waals surface area contributed by atoms with Crippen molar-refractivity contribution in [2.45, 2.75) is 51.2 Å². The largest absolute Gasteiger partial charge is 0.321 e. The van der Waals surface area contributed by atoms with E-state index >= 15 is 0 Å². The van der Waals surface area contributed by atoms with Crippen molar-refractivity contribution < 1.29 is 4.79 Å². The van der Waals surface area contributed by atoms with Crippen molar-refractivity contribution >= 4 is 5.91 Å². The lowest BCUT2D eigenvalue weighted by molar-refractivity contribution is -0.131. The van der Waals surface area contributed by atoms with Gasteiger partial charge in [0.2, 0.25) is 5.91 Å². The Bertz CT molecular complexity index is 455. The second-order valence-electron chi connectivity index (χ2n) is 6.11. The van der Waals surface area contributed by atoms with E-state index in [1.807, 2.05) is 6.07 Å². The smallest absolute Gasteiger partial charge is 0.241 e. The average molecular weight is 272 g/mol. The standard InChI is InChI=1S/C17H24N2O/c1-2-7-15-17(20)19(12-13-8-6-9-13)16(18-15)14-10-4-3-5-11-14/h3-5,10-11,13,15-16,18H,2,6-9,12H2,1H3. The van der Waals surface area contributed by atoms with Crippen molar-refractivity contribution in [1.29, 1.82) is 0 Å². The number of amides is 1. The van der Waals surface area contributed by atoms with E-state index in [1.54, 1.807) is 0 Å². The Morgan fingerprint density at radius 3 is 2.60 bits per heavy atom. The van der Waals surface area contributed by atoms with Crippen LogP contribution in [0.5, 0.6) is 0 Å². The first kappa shape index (κ1) is 13.6. The summed E-state index contributed by atoms with van der Waals surface area (Å²) in [5, 5.41) is 3.54. The molecule has 0 aromatic heterocycles. The van der Waals surface area contributed by atoms with Crippen molar-refractivity contribution in [3.8, 4) is 0 Å². The zero-order valence-corrected chi connectivity index (χ0v) is 12.2. The van der Waals surface area contributed by atoms with Crippen LogP contribution in [-0.2, 0) is 4.79 Å². The first-order valence-electron chi connectivity index (χ1n) is 7.91. The van der Waals surface area contributed by atoms with Crippen LogP contribution in [0.25, 0.3) is 0 Å². The summed E-state index contributed by atoms with van der Waals surface area (Å²) in [4.78, 5) is 14.7. The van der Waals surface area contributed by atoms with Gasteiger partial charge >= 0.3 is 0 Å². The van der Waals surface area contributed by atoms with Crippen LogP contribution in [0.2, 0.25) is 0 Å². The fourth-order valence-electron chi connectivity index (χ4n) is 3.24. The van der Waals surface area contributed by atoms with Gasteiger partial charge < -0.3 is 4.90 Å². The predicted octanol–water partition coefficient (Wildman–Crippen LogP) is 3.09. The van der Waals surface area contributed by atoms with E-state index < -0.39 is 0 Å². The van der Waals surface area contributed by atoms with Crippen molar-refractivity contribution in [3.05, 3.63) is 35.9 Å². The zero-order chi connectivity index (χ0) is 13.9. The van der Waals surface area contributed by atoms with Crippen LogP contribution in [0.4, 0.5) is 0 Å². The number of rotatable bonds is 5. The Morgan fingerprint density at radius 1 is 1.25 bits per heavy atom. The van der Waals surface area contributed by atoms with E-state index in [-0.39, 0.29) is 12.2 Å². The first-order valence-corrected chi connectivity index (χ1v) is 7.91. The lowest BCUT2D eigenvalue weighted by atomic mass is 9.85. The van der Waals surface area contributed by atoms with Gasteiger partial charge in [0.25, 0.3) is 0 Å². The summed E-state index contributed by atoms with van der Waals surface area (Å²) in [5.41, 5.74) is 1.21. The van der Waals surface area contributed by atoms with Crippen LogP contribution < -0.4 is 5.32 Å². The molecule has 0 radical (unpaired) electrons. The average Bonchev–Trinajstić information content (AvgIpc) is 2.73. The number of nitrogens with zero attached hydrogens (tertiary/aromatic N) is 1. The second kappa shape index (κ2) is 5.96. The Balaban J connectivity index is 1.79.